The Balaban J connectivity index is 3.34. The number of carbonyl (C=O) groups excluding carboxylic acids is 1. The molecule has 1 rings (SSSR count). The van der Waals surface area contributed by atoms with Crippen LogP contribution in [0.1, 0.15) is 16.8 Å². The number of carboxylic acids is 1. The number of benzene rings is 1. The molecule has 0 unspecified atom stereocenters. The van der Waals surface area contributed by atoms with Gasteiger partial charge in [-0.25, -0.2) is 13.2 Å². The van der Waals surface area contributed by atoms with Crippen LogP contribution in [0.2, 0.25) is 5.02 Å². The molecule has 0 aliphatic rings. The number of rotatable bonds is 6. The highest BCUT2D eigenvalue weighted by Crippen LogP contribution is 2.32. The van der Waals surface area contributed by atoms with Crippen molar-refractivity contribution in [2.45, 2.75) is 11.3 Å². The van der Waals surface area contributed by atoms with Gasteiger partial charge in [0.25, 0.3) is 0 Å². The standard InChI is InChI=1S/C12H14ClNO6S/c1-14-10(15)3-4-21(18,19)9-6-7(13)5-8(12(16)17)11(9)20-2/h5-6H,3-4H2,1-2H3,(H,14,15)(H,16,17). The predicted molar refractivity (Wildman–Crippen MR) is 75.7 cm³/mol. The first-order valence-corrected chi connectivity index (χ1v) is 7.80. The van der Waals surface area contributed by atoms with Crippen LogP contribution >= 0.6 is 11.6 Å². The molecule has 0 saturated carbocycles. The Morgan fingerprint density at radius 1 is 1.38 bits per heavy atom. The molecule has 1 aromatic rings. The Labute approximate surface area is 126 Å². The van der Waals surface area contributed by atoms with Gasteiger partial charge in [0.2, 0.25) is 5.91 Å². The summed E-state index contributed by atoms with van der Waals surface area (Å²) in [5.74, 6) is -2.60. The highest BCUT2D eigenvalue weighted by Gasteiger charge is 2.26. The molecule has 0 spiro atoms. The van der Waals surface area contributed by atoms with E-state index in [9.17, 15) is 18.0 Å². The van der Waals surface area contributed by atoms with Gasteiger partial charge in [0.15, 0.2) is 15.6 Å². The molecule has 0 atom stereocenters. The van der Waals surface area contributed by atoms with Crippen molar-refractivity contribution in [2.24, 2.45) is 0 Å². The second-order valence-electron chi connectivity index (χ2n) is 4.03. The minimum absolute atomic E-state index is 0.0493. The first kappa shape index (κ1) is 17.3. The van der Waals surface area contributed by atoms with Gasteiger partial charge in [0.05, 0.1) is 12.9 Å². The fourth-order valence-corrected chi connectivity index (χ4v) is 3.37. The third-order valence-corrected chi connectivity index (χ3v) is 4.60. The molecule has 0 radical (unpaired) electrons. The average Bonchev–Trinajstić information content (AvgIpc) is 2.43. The van der Waals surface area contributed by atoms with Crippen molar-refractivity contribution in [1.29, 1.82) is 0 Å². The van der Waals surface area contributed by atoms with Gasteiger partial charge < -0.3 is 15.2 Å². The van der Waals surface area contributed by atoms with Crippen LogP contribution in [0.5, 0.6) is 5.75 Å². The number of carbonyl (C=O) groups is 2. The summed E-state index contributed by atoms with van der Waals surface area (Å²) in [5.41, 5.74) is -0.358. The lowest BCUT2D eigenvalue weighted by Gasteiger charge is -2.12. The maximum absolute atomic E-state index is 12.2. The lowest BCUT2D eigenvalue weighted by Crippen LogP contribution is -2.22. The van der Waals surface area contributed by atoms with E-state index in [1.165, 1.54) is 7.05 Å². The van der Waals surface area contributed by atoms with Crippen molar-refractivity contribution in [3.8, 4) is 5.75 Å². The number of halogens is 1. The van der Waals surface area contributed by atoms with E-state index in [-0.39, 0.29) is 27.7 Å². The minimum Gasteiger partial charge on any atom is -0.494 e. The molecular formula is C12H14ClNO6S. The summed E-state index contributed by atoms with van der Waals surface area (Å²) in [7, 11) is -1.37. The summed E-state index contributed by atoms with van der Waals surface area (Å²) in [5, 5.41) is 11.3. The maximum Gasteiger partial charge on any atom is 0.339 e. The zero-order chi connectivity index (χ0) is 16.2. The van der Waals surface area contributed by atoms with Gasteiger partial charge in [-0.05, 0) is 12.1 Å². The fourth-order valence-electron chi connectivity index (χ4n) is 1.63. The molecule has 2 N–H and O–H groups in total. The lowest BCUT2D eigenvalue weighted by molar-refractivity contribution is -0.120. The van der Waals surface area contributed by atoms with Gasteiger partial charge >= 0.3 is 5.97 Å². The van der Waals surface area contributed by atoms with Crippen LogP contribution in [0.4, 0.5) is 0 Å². The van der Waals surface area contributed by atoms with Crippen molar-refractivity contribution in [3.63, 3.8) is 0 Å². The number of aromatic carboxylic acids is 1. The normalized spacial score (nSPS) is 11.0. The van der Waals surface area contributed by atoms with Crippen molar-refractivity contribution in [1.82, 2.24) is 5.32 Å². The molecule has 0 aliphatic heterocycles. The van der Waals surface area contributed by atoms with Gasteiger partial charge in [0, 0.05) is 18.5 Å². The Hall–Kier alpha value is -1.80. The van der Waals surface area contributed by atoms with Crippen LogP contribution in [0.25, 0.3) is 0 Å². The molecule has 116 valence electrons. The molecule has 1 aromatic carbocycles. The van der Waals surface area contributed by atoms with E-state index in [2.05, 4.69) is 5.32 Å². The zero-order valence-corrected chi connectivity index (χ0v) is 12.9. The summed E-state index contributed by atoms with van der Waals surface area (Å²) < 4.78 is 29.4. The third-order valence-electron chi connectivity index (χ3n) is 2.67. The van der Waals surface area contributed by atoms with Crippen molar-refractivity contribution < 1.29 is 27.9 Å². The number of amides is 1. The van der Waals surface area contributed by atoms with E-state index in [1.54, 1.807) is 0 Å². The molecule has 21 heavy (non-hydrogen) atoms. The molecule has 0 bridgehead atoms. The van der Waals surface area contributed by atoms with E-state index in [0.29, 0.717) is 0 Å². The predicted octanol–water partition coefficient (Wildman–Crippen LogP) is 0.957. The highest BCUT2D eigenvalue weighted by molar-refractivity contribution is 7.91. The third kappa shape index (κ3) is 4.08. The smallest absolute Gasteiger partial charge is 0.339 e. The molecule has 0 fully saturated rings. The average molecular weight is 336 g/mol. The number of nitrogens with one attached hydrogen (secondary N) is 1. The molecule has 0 saturated heterocycles. The van der Waals surface area contributed by atoms with Crippen LogP contribution in [0.15, 0.2) is 17.0 Å². The van der Waals surface area contributed by atoms with E-state index in [4.69, 9.17) is 21.4 Å². The van der Waals surface area contributed by atoms with Gasteiger partial charge in [-0.1, -0.05) is 11.6 Å². The van der Waals surface area contributed by atoms with Crippen LogP contribution in [0.3, 0.4) is 0 Å². The van der Waals surface area contributed by atoms with Crippen LogP contribution in [-0.2, 0) is 14.6 Å². The van der Waals surface area contributed by atoms with E-state index in [1.807, 2.05) is 0 Å². The van der Waals surface area contributed by atoms with Crippen LogP contribution in [-0.4, -0.2) is 45.3 Å². The SMILES string of the molecule is CNC(=O)CCS(=O)(=O)c1cc(Cl)cc(C(=O)O)c1OC. The number of ether oxygens (including phenoxy) is 1. The summed E-state index contributed by atoms with van der Waals surface area (Å²) in [6.45, 7) is 0. The van der Waals surface area contributed by atoms with Gasteiger partial charge in [-0.2, -0.15) is 0 Å². The number of sulfone groups is 1. The zero-order valence-electron chi connectivity index (χ0n) is 11.3. The van der Waals surface area contributed by atoms with Gasteiger partial charge in [0.1, 0.15) is 10.5 Å². The molecule has 1 amide bonds. The summed E-state index contributed by atoms with van der Waals surface area (Å²) in [6, 6.07) is 2.20. The first-order chi connectivity index (χ1) is 9.72. The quantitative estimate of drug-likeness (QED) is 0.801. The van der Waals surface area contributed by atoms with E-state index >= 15 is 0 Å². The topological polar surface area (TPSA) is 110 Å². The van der Waals surface area contributed by atoms with Crippen molar-refractivity contribution in [3.05, 3.63) is 22.7 Å². The molecule has 0 heterocycles. The van der Waals surface area contributed by atoms with E-state index < -0.39 is 27.5 Å². The van der Waals surface area contributed by atoms with Crippen LogP contribution in [0, 0.1) is 0 Å². The Morgan fingerprint density at radius 3 is 2.48 bits per heavy atom. The monoisotopic (exact) mass is 335 g/mol. The highest BCUT2D eigenvalue weighted by atomic mass is 35.5. The number of hydrogen-bond acceptors (Lipinski definition) is 5. The summed E-state index contributed by atoms with van der Waals surface area (Å²) in [6.07, 6.45) is -0.253. The second-order valence-corrected chi connectivity index (χ2v) is 6.55. The first-order valence-electron chi connectivity index (χ1n) is 5.77. The van der Waals surface area contributed by atoms with E-state index in [0.717, 1.165) is 19.2 Å². The van der Waals surface area contributed by atoms with Crippen LogP contribution < -0.4 is 10.1 Å². The summed E-state index contributed by atoms with van der Waals surface area (Å²) >= 11 is 5.76. The molecule has 7 nitrogen and oxygen atoms in total. The van der Waals surface area contributed by atoms with Gasteiger partial charge in [-0.15, -0.1) is 0 Å². The minimum atomic E-state index is -3.92. The number of methoxy groups -OCH3 is 1. The number of carboxylic acid groups (broad SMARTS) is 1. The Morgan fingerprint density at radius 2 is 2.00 bits per heavy atom. The molecule has 0 aliphatic carbocycles. The fraction of sp³-hybridized carbons (Fsp3) is 0.333. The van der Waals surface area contributed by atoms with Gasteiger partial charge in [-0.3, -0.25) is 4.79 Å². The molecule has 9 heteroatoms. The van der Waals surface area contributed by atoms with Crippen molar-refractivity contribution in [2.75, 3.05) is 19.9 Å². The lowest BCUT2D eigenvalue weighted by atomic mass is 10.2. The largest absolute Gasteiger partial charge is 0.494 e. The Kier molecular flexibility index (Phi) is 5.56. The second kappa shape index (κ2) is 6.77. The maximum atomic E-state index is 12.2. The Bertz CT molecular complexity index is 671. The molecule has 0 aromatic heterocycles. The van der Waals surface area contributed by atoms with Crippen molar-refractivity contribution >= 4 is 33.3 Å². The number of hydrogen-bond donors (Lipinski definition) is 2. The molecular weight excluding hydrogens is 322 g/mol. The summed E-state index contributed by atoms with van der Waals surface area (Å²) in [4.78, 5) is 21.9.